The molecule has 0 aliphatic rings. The largest absolute Gasteiger partial charge is 0.304 e. The lowest BCUT2D eigenvalue weighted by atomic mass is 10.1. The average Bonchev–Trinajstić information content (AvgIpc) is 3.05. The Morgan fingerprint density at radius 3 is 2.52 bits per heavy atom. The summed E-state index contributed by atoms with van der Waals surface area (Å²) in [4.78, 5) is 6.82. The van der Waals surface area contributed by atoms with E-state index in [1.807, 2.05) is 11.6 Å². The fourth-order valence-corrected chi connectivity index (χ4v) is 3.04. The Morgan fingerprint density at radius 1 is 1.19 bits per heavy atom. The molecule has 4 heteroatoms. The highest BCUT2D eigenvalue weighted by molar-refractivity contribution is 7.09. The van der Waals surface area contributed by atoms with Crippen LogP contribution in [0.15, 0.2) is 35.8 Å². The van der Waals surface area contributed by atoms with Crippen LogP contribution in [0.25, 0.3) is 0 Å². The highest BCUT2D eigenvalue weighted by Crippen LogP contribution is 2.17. The minimum Gasteiger partial charge on any atom is -0.304 e. The van der Waals surface area contributed by atoms with Gasteiger partial charge in [0, 0.05) is 24.7 Å². The standard InChI is InChI=1S/C17H25N3S/c1-4-20(5-2)13-16-9-7-6-8-15(16)12-19-14(3)17-18-10-11-21-17/h6-11,14,19H,4-5,12-13H2,1-3H3. The van der Waals surface area contributed by atoms with Gasteiger partial charge in [0.05, 0.1) is 6.04 Å². The lowest BCUT2D eigenvalue weighted by molar-refractivity contribution is 0.294. The van der Waals surface area contributed by atoms with Gasteiger partial charge in [-0.05, 0) is 31.1 Å². The summed E-state index contributed by atoms with van der Waals surface area (Å²) in [7, 11) is 0. The third kappa shape index (κ3) is 4.63. The molecular weight excluding hydrogens is 278 g/mol. The normalized spacial score (nSPS) is 12.8. The zero-order valence-corrected chi connectivity index (χ0v) is 14.0. The van der Waals surface area contributed by atoms with Gasteiger partial charge in [-0.2, -0.15) is 0 Å². The molecule has 0 radical (unpaired) electrons. The van der Waals surface area contributed by atoms with Gasteiger partial charge in [0.1, 0.15) is 5.01 Å². The van der Waals surface area contributed by atoms with Crippen LogP contribution in [-0.2, 0) is 13.1 Å². The van der Waals surface area contributed by atoms with Crippen molar-refractivity contribution in [1.82, 2.24) is 15.2 Å². The van der Waals surface area contributed by atoms with Crippen LogP contribution in [-0.4, -0.2) is 23.0 Å². The van der Waals surface area contributed by atoms with Gasteiger partial charge in [0.2, 0.25) is 0 Å². The minimum absolute atomic E-state index is 0.298. The monoisotopic (exact) mass is 303 g/mol. The number of nitrogens with one attached hydrogen (secondary N) is 1. The van der Waals surface area contributed by atoms with Crippen LogP contribution < -0.4 is 5.32 Å². The second kappa shape index (κ2) is 8.27. The van der Waals surface area contributed by atoms with E-state index in [0.29, 0.717) is 6.04 Å². The Balaban J connectivity index is 1.99. The Hall–Kier alpha value is -1.23. The summed E-state index contributed by atoms with van der Waals surface area (Å²) in [6.45, 7) is 10.7. The van der Waals surface area contributed by atoms with Crippen molar-refractivity contribution in [3.63, 3.8) is 0 Å². The smallest absolute Gasteiger partial charge is 0.109 e. The van der Waals surface area contributed by atoms with E-state index in [1.165, 1.54) is 11.1 Å². The molecule has 0 amide bonds. The van der Waals surface area contributed by atoms with E-state index in [4.69, 9.17) is 0 Å². The van der Waals surface area contributed by atoms with E-state index in [-0.39, 0.29) is 0 Å². The lowest BCUT2D eigenvalue weighted by Gasteiger charge is -2.21. The molecule has 0 saturated carbocycles. The maximum atomic E-state index is 4.37. The Morgan fingerprint density at radius 2 is 1.90 bits per heavy atom. The molecule has 1 unspecified atom stereocenters. The summed E-state index contributed by atoms with van der Waals surface area (Å²) in [5.41, 5.74) is 2.80. The van der Waals surface area contributed by atoms with Crippen molar-refractivity contribution in [2.45, 2.75) is 39.9 Å². The van der Waals surface area contributed by atoms with E-state index in [2.05, 4.69) is 60.2 Å². The van der Waals surface area contributed by atoms with Crippen LogP contribution in [0, 0.1) is 0 Å². The van der Waals surface area contributed by atoms with E-state index >= 15 is 0 Å². The van der Waals surface area contributed by atoms with Gasteiger partial charge in [0.25, 0.3) is 0 Å². The van der Waals surface area contributed by atoms with E-state index in [1.54, 1.807) is 11.3 Å². The molecule has 0 fully saturated rings. The van der Waals surface area contributed by atoms with Crippen molar-refractivity contribution in [1.29, 1.82) is 0 Å². The van der Waals surface area contributed by atoms with Crippen LogP contribution in [0.1, 0.15) is 42.9 Å². The fraction of sp³-hybridized carbons (Fsp3) is 0.471. The van der Waals surface area contributed by atoms with Crippen molar-refractivity contribution in [2.24, 2.45) is 0 Å². The second-order valence-corrected chi connectivity index (χ2v) is 6.13. The molecule has 2 aromatic rings. The number of aromatic nitrogens is 1. The average molecular weight is 303 g/mol. The van der Waals surface area contributed by atoms with Crippen molar-refractivity contribution in [3.05, 3.63) is 52.0 Å². The molecule has 0 spiro atoms. The van der Waals surface area contributed by atoms with Crippen LogP contribution >= 0.6 is 11.3 Å². The molecule has 21 heavy (non-hydrogen) atoms. The maximum Gasteiger partial charge on any atom is 0.109 e. The van der Waals surface area contributed by atoms with E-state index in [9.17, 15) is 0 Å². The zero-order valence-electron chi connectivity index (χ0n) is 13.2. The lowest BCUT2D eigenvalue weighted by Crippen LogP contribution is -2.24. The first kappa shape index (κ1) is 16.1. The Bertz CT molecular complexity index is 521. The molecule has 2 rings (SSSR count). The predicted molar refractivity (Wildman–Crippen MR) is 90.4 cm³/mol. The van der Waals surface area contributed by atoms with Gasteiger partial charge >= 0.3 is 0 Å². The number of hydrogen-bond acceptors (Lipinski definition) is 4. The fourth-order valence-electron chi connectivity index (χ4n) is 2.37. The SMILES string of the molecule is CCN(CC)Cc1ccccc1CNC(C)c1nccs1. The summed E-state index contributed by atoms with van der Waals surface area (Å²) in [6, 6.07) is 9.01. The van der Waals surface area contributed by atoms with Gasteiger partial charge in [-0.1, -0.05) is 38.1 Å². The molecule has 0 aliphatic heterocycles. The van der Waals surface area contributed by atoms with E-state index in [0.717, 1.165) is 31.2 Å². The number of hydrogen-bond donors (Lipinski definition) is 1. The predicted octanol–water partition coefficient (Wildman–Crippen LogP) is 3.84. The first-order valence-electron chi connectivity index (χ1n) is 7.66. The molecule has 0 bridgehead atoms. The third-order valence-corrected chi connectivity index (χ3v) is 4.79. The van der Waals surface area contributed by atoms with Gasteiger partial charge in [-0.25, -0.2) is 4.98 Å². The van der Waals surface area contributed by atoms with E-state index < -0.39 is 0 Å². The Labute approximate surface area is 132 Å². The van der Waals surface area contributed by atoms with Crippen molar-refractivity contribution in [2.75, 3.05) is 13.1 Å². The summed E-state index contributed by atoms with van der Waals surface area (Å²) in [5, 5.41) is 6.76. The van der Waals surface area contributed by atoms with Crippen molar-refractivity contribution >= 4 is 11.3 Å². The van der Waals surface area contributed by atoms with Gasteiger partial charge < -0.3 is 5.32 Å². The zero-order chi connectivity index (χ0) is 15.1. The van der Waals surface area contributed by atoms with Crippen molar-refractivity contribution in [3.8, 4) is 0 Å². The molecule has 0 saturated heterocycles. The first-order valence-corrected chi connectivity index (χ1v) is 8.54. The summed E-state index contributed by atoms with van der Waals surface area (Å²) < 4.78 is 0. The molecule has 114 valence electrons. The van der Waals surface area contributed by atoms with Gasteiger partial charge in [0.15, 0.2) is 0 Å². The third-order valence-electron chi connectivity index (χ3n) is 3.83. The van der Waals surface area contributed by atoms with Crippen molar-refractivity contribution < 1.29 is 0 Å². The number of rotatable bonds is 8. The van der Waals surface area contributed by atoms with Gasteiger partial charge in [-0.3, -0.25) is 4.90 Å². The second-order valence-electron chi connectivity index (χ2n) is 5.20. The summed E-state index contributed by atoms with van der Waals surface area (Å²) in [5.74, 6) is 0. The summed E-state index contributed by atoms with van der Waals surface area (Å²) in [6.07, 6.45) is 1.87. The molecular formula is C17H25N3S. The maximum absolute atomic E-state index is 4.37. The van der Waals surface area contributed by atoms with Crippen LogP contribution in [0.5, 0.6) is 0 Å². The van der Waals surface area contributed by atoms with Crippen LogP contribution in [0.4, 0.5) is 0 Å². The minimum atomic E-state index is 0.298. The number of thiazole rings is 1. The van der Waals surface area contributed by atoms with Gasteiger partial charge in [-0.15, -0.1) is 11.3 Å². The molecule has 1 aromatic heterocycles. The molecule has 1 heterocycles. The highest BCUT2D eigenvalue weighted by Gasteiger charge is 2.10. The Kier molecular flexibility index (Phi) is 6.36. The summed E-state index contributed by atoms with van der Waals surface area (Å²) >= 11 is 1.71. The molecule has 1 aromatic carbocycles. The molecule has 1 N–H and O–H groups in total. The van der Waals surface area contributed by atoms with Crippen LogP contribution in [0.3, 0.4) is 0 Å². The first-order chi connectivity index (χ1) is 10.2. The van der Waals surface area contributed by atoms with Crippen LogP contribution in [0.2, 0.25) is 0 Å². The quantitative estimate of drug-likeness (QED) is 0.803. The molecule has 3 nitrogen and oxygen atoms in total. The number of benzene rings is 1. The topological polar surface area (TPSA) is 28.2 Å². The molecule has 0 aliphatic carbocycles. The molecule has 1 atom stereocenters. The highest BCUT2D eigenvalue weighted by atomic mass is 32.1. The number of nitrogens with zero attached hydrogens (tertiary/aromatic N) is 2.